The Labute approximate surface area is 192 Å². The molecule has 2 heterocycles. The highest BCUT2D eigenvalue weighted by Crippen LogP contribution is 2.46. The highest BCUT2D eigenvalue weighted by molar-refractivity contribution is 7.99. The summed E-state index contributed by atoms with van der Waals surface area (Å²) < 4.78 is 5.13. The molecule has 3 aromatic rings. The number of hydrogen-bond acceptors (Lipinski definition) is 5. The van der Waals surface area contributed by atoms with E-state index in [1.807, 2.05) is 34.9 Å². The number of phenolic OH excluding ortho intramolecular Hbond substituents is 1. The van der Waals surface area contributed by atoms with Crippen LogP contribution >= 0.6 is 11.8 Å². The Balaban J connectivity index is 1.54. The minimum Gasteiger partial charge on any atom is -0.504 e. The van der Waals surface area contributed by atoms with Gasteiger partial charge in [0.05, 0.1) is 18.8 Å². The summed E-state index contributed by atoms with van der Waals surface area (Å²) in [6, 6.07) is 21.8. The first kappa shape index (κ1) is 20.8. The van der Waals surface area contributed by atoms with Crippen molar-refractivity contribution in [3.8, 4) is 11.5 Å². The van der Waals surface area contributed by atoms with Crippen molar-refractivity contribution in [2.24, 2.45) is 0 Å². The van der Waals surface area contributed by atoms with Gasteiger partial charge in [0.2, 0.25) is 0 Å². The Kier molecular flexibility index (Phi) is 5.47. The van der Waals surface area contributed by atoms with E-state index in [0.29, 0.717) is 11.3 Å². The number of nitrogens with zero attached hydrogens (tertiary/aromatic N) is 2. The van der Waals surface area contributed by atoms with Gasteiger partial charge in [-0.3, -0.25) is 4.79 Å². The quantitative estimate of drug-likeness (QED) is 0.576. The molecular formula is C26H26N2O3S. The zero-order valence-electron chi connectivity index (χ0n) is 18.2. The summed E-state index contributed by atoms with van der Waals surface area (Å²) in [6.45, 7) is 3.09. The Morgan fingerprint density at radius 2 is 1.81 bits per heavy atom. The molecule has 3 aromatic carbocycles. The molecule has 164 valence electrons. The molecule has 2 atom stereocenters. The highest BCUT2D eigenvalue weighted by Gasteiger charge is 2.38. The van der Waals surface area contributed by atoms with Crippen LogP contribution in [0.4, 0.5) is 11.4 Å². The number of carbonyl (C=O) groups excluding carboxylic acids is 1. The van der Waals surface area contributed by atoms with E-state index in [0.717, 1.165) is 24.4 Å². The summed E-state index contributed by atoms with van der Waals surface area (Å²) in [4.78, 5) is 19.3. The van der Waals surface area contributed by atoms with Gasteiger partial charge in [-0.25, -0.2) is 0 Å². The molecule has 0 aromatic heterocycles. The fourth-order valence-electron chi connectivity index (χ4n) is 4.86. The van der Waals surface area contributed by atoms with Gasteiger partial charge in [-0.2, -0.15) is 0 Å². The molecule has 0 spiro atoms. The number of carbonyl (C=O) groups is 1. The normalized spacial score (nSPS) is 19.8. The van der Waals surface area contributed by atoms with Crippen LogP contribution in [0.2, 0.25) is 0 Å². The highest BCUT2D eigenvalue weighted by atomic mass is 32.2. The number of phenols is 1. The summed E-state index contributed by atoms with van der Waals surface area (Å²) in [5, 5.41) is 10.2. The topological polar surface area (TPSA) is 53.0 Å². The summed E-state index contributed by atoms with van der Waals surface area (Å²) >= 11 is 1.91. The van der Waals surface area contributed by atoms with Crippen molar-refractivity contribution in [2.75, 3.05) is 29.2 Å². The average molecular weight is 447 g/mol. The first-order valence-electron chi connectivity index (χ1n) is 10.9. The van der Waals surface area contributed by atoms with Gasteiger partial charge in [0.25, 0.3) is 5.91 Å². The largest absolute Gasteiger partial charge is 0.504 e. The maximum atomic E-state index is 13.6. The number of fused-ring (bicyclic) bond motifs is 2. The second kappa shape index (κ2) is 8.43. The number of hydrogen-bond donors (Lipinski definition) is 1. The van der Waals surface area contributed by atoms with E-state index in [9.17, 15) is 9.90 Å². The van der Waals surface area contributed by atoms with Crippen molar-refractivity contribution in [1.29, 1.82) is 0 Å². The molecule has 0 saturated carbocycles. The van der Waals surface area contributed by atoms with Crippen molar-refractivity contribution in [1.82, 2.24) is 0 Å². The summed E-state index contributed by atoms with van der Waals surface area (Å²) in [5.41, 5.74) is 3.82. The van der Waals surface area contributed by atoms with Crippen LogP contribution in [-0.4, -0.2) is 36.5 Å². The second-order valence-corrected chi connectivity index (χ2v) is 9.37. The Hall–Kier alpha value is -3.12. The lowest BCUT2D eigenvalue weighted by atomic mass is 9.89. The predicted octanol–water partition coefficient (Wildman–Crippen LogP) is 5.49. The van der Waals surface area contributed by atoms with Gasteiger partial charge < -0.3 is 19.6 Å². The maximum Gasteiger partial charge on any atom is 0.258 e. The molecule has 1 N–H and O–H groups in total. The smallest absolute Gasteiger partial charge is 0.258 e. The lowest BCUT2D eigenvalue weighted by molar-refractivity contribution is 0.0973. The van der Waals surface area contributed by atoms with Crippen LogP contribution < -0.4 is 14.5 Å². The van der Waals surface area contributed by atoms with E-state index in [2.05, 4.69) is 42.2 Å². The zero-order chi connectivity index (χ0) is 22.2. The Morgan fingerprint density at radius 3 is 2.59 bits per heavy atom. The fraction of sp³-hybridized carbons (Fsp3) is 0.269. The van der Waals surface area contributed by atoms with Crippen molar-refractivity contribution in [3.63, 3.8) is 0 Å². The monoisotopic (exact) mass is 446 g/mol. The van der Waals surface area contributed by atoms with E-state index in [4.69, 9.17) is 4.74 Å². The third kappa shape index (κ3) is 3.48. The molecule has 2 aliphatic rings. The number of aromatic hydroxyl groups is 1. The van der Waals surface area contributed by atoms with Crippen LogP contribution in [-0.2, 0) is 0 Å². The molecule has 5 rings (SSSR count). The number of methoxy groups -OCH3 is 1. The minimum atomic E-state index is -0.115. The Morgan fingerprint density at radius 1 is 1.06 bits per heavy atom. The van der Waals surface area contributed by atoms with E-state index in [-0.39, 0.29) is 23.7 Å². The molecule has 1 amide bonds. The Bertz CT molecular complexity index is 1170. The van der Waals surface area contributed by atoms with Gasteiger partial charge in [0.15, 0.2) is 11.5 Å². The van der Waals surface area contributed by atoms with Crippen LogP contribution in [0, 0.1) is 0 Å². The molecule has 0 radical (unpaired) electrons. The average Bonchev–Trinajstić information content (AvgIpc) is 2.83. The summed E-state index contributed by atoms with van der Waals surface area (Å²) in [6.07, 6.45) is 0.837. The van der Waals surface area contributed by atoms with E-state index in [1.54, 1.807) is 12.1 Å². The van der Waals surface area contributed by atoms with E-state index in [1.165, 1.54) is 29.3 Å². The molecule has 5 nitrogen and oxygen atoms in total. The van der Waals surface area contributed by atoms with E-state index >= 15 is 0 Å². The number of para-hydroxylation sites is 2. The lowest BCUT2D eigenvalue weighted by Gasteiger charge is -2.46. The number of ether oxygens (including phenoxy) is 1. The fourth-order valence-corrected chi connectivity index (χ4v) is 5.88. The third-order valence-electron chi connectivity index (χ3n) is 6.35. The van der Waals surface area contributed by atoms with Gasteiger partial charge in [0.1, 0.15) is 0 Å². The first-order valence-corrected chi connectivity index (χ1v) is 11.8. The van der Waals surface area contributed by atoms with Crippen LogP contribution in [0.25, 0.3) is 0 Å². The molecule has 0 saturated heterocycles. The van der Waals surface area contributed by atoms with Gasteiger partial charge in [0, 0.05) is 34.5 Å². The van der Waals surface area contributed by atoms with Crippen molar-refractivity contribution in [3.05, 3.63) is 77.9 Å². The number of thioether (sulfide) groups is 1. The predicted molar refractivity (Wildman–Crippen MR) is 129 cm³/mol. The number of benzene rings is 3. The van der Waals surface area contributed by atoms with E-state index < -0.39 is 0 Å². The molecule has 2 aliphatic heterocycles. The molecule has 32 heavy (non-hydrogen) atoms. The van der Waals surface area contributed by atoms with Crippen molar-refractivity contribution in [2.45, 2.75) is 30.3 Å². The van der Waals surface area contributed by atoms with Gasteiger partial charge in [-0.1, -0.05) is 30.3 Å². The van der Waals surface area contributed by atoms with Crippen LogP contribution in [0.1, 0.15) is 35.3 Å². The van der Waals surface area contributed by atoms with Crippen molar-refractivity contribution < 1.29 is 14.6 Å². The lowest BCUT2D eigenvalue weighted by Crippen LogP contribution is -2.47. The molecule has 2 unspecified atom stereocenters. The summed E-state index contributed by atoms with van der Waals surface area (Å²) in [7, 11) is 1.50. The number of rotatable bonds is 3. The van der Waals surface area contributed by atoms with Gasteiger partial charge >= 0.3 is 0 Å². The number of amides is 1. The molecule has 0 bridgehead atoms. The number of anilines is 2. The standard InChI is InChI=1S/C26H26N2O3S/c1-17-15-22(27-13-14-32-25-10-6-5-9-21(25)27)19-7-3-4-8-20(19)28(17)26(30)18-11-12-24(31-2)23(29)16-18/h3-12,16-17,22,29H,13-15H2,1-2H3. The zero-order valence-corrected chi connectivity index (χ0v) is 19.0. The molecule has 0 aliphatic carbocycles. The SMILES string of the molecule is COc1ccc(C(=O)N2c3ccccc3C(N3CCSc4ccccc43)CC2C)cc1O. The van der Waals surface area contributed by atoms with Gasteiger partial charge in [-0.15, -0.1) is 11.8 Å². The minimum absolute atomic E-state index is 0.00777. The molecule has 6 heteroatoms. The third-order valence-corrected chi connectivity index (χ3v) is 7.39. The maximum absolute atomic E-state index is 13.6. The second-order valence-electron chi connectivity index (χ2n) is 8.23. The molecular weight excluding hydrogens is 420 g/mol. The van der Waals surface area contributed by atoms with Gasteiger partial charge in [-0.05, 0) is 55.3 Å². The van der Waals surface area contributed by atoms with Crippen LogP contribution in [0.3, 0.4) is 0 Å². The first-order chi connectivity index (χ1) is 15.6. The summed E-state index contributed by atoms with van der Waals surface area (Å²) in [5.74, 6) is 1.26. The van der Waals surface area contributed by atoms with Crippen LogP contribution in [0.5, 0.6) is 11.5 Å². The van der Waals surface area contributed by atoms with Crippen molar-refractivity contribution >= 4 is 29.0 Å². The van der Waals surface area contributed by atoms with Crippen LogP contribution in [0.15, 0.2) is 71.6 Å². The molecule has 0 fully saturated rings.